The summed E-state index contributed by atoms with van der Waals surface area (Å²) in [5.74, 6) is -2.69. The lowest BCUT2D eigenvalue weighted by molar-refractivity contribution is -0.145. The van der Waals surface area contributed by atoms with Gasteiger partial charge in [-0.15, -0.1) is 0 Å². The second kappa shape index (κ2) is 6.61. The van der Waals surface area contributed by atoms with E-state index in [0.29, 0.717) is 5.56 Å². The normalized spacial score (nSPS) is 26.7. The molecule has 6 heteroatoms. The maximum Gasteiger partial charge on any atom is 0.236 e. The number of halogens is 1. The van der Waals surface area contributed by atoms with E-state index in [4.69, 9.17) is 0 Å². The minimum absolute atomic E-state index is 0.240. The number of likely N-dealkylation sites (tertiary alicyclic amines) is 1. The van der Waals surface area contributed by atoms with Crippen molar-refractivity contribution < 1.29 is 18.8 Å². The highest BCUT2D eigenvalue weighted by Crippen LogP contribution is 2.50. The smallest absolute Gasteiger partial charge is 0.236 e. The molecule has 5 rings (SSSR count). The van der Waals surface area contributed by atoms with Crippen molar-refractivity contribution >= 4 is 29.4 Å². The second-order valence-corrected chi connectivity index (χ2v) is 9.37. The zero-order chi connectivity index (χ0) is 22.1. The minimum atomic E-state index is -0.838. The van der Waals surface area contributed by atoms with Crippen LogP contribution in [0.1, 0.15) is 36.7 Å². The van der Waals surface area contributed by atoms with E-state index in [1.54, 1.807) is 0 Å². The summed E-state index contributed by atoms with van der Waals surface area (Å²) in [6, 6.07) is 11.8. The van der Waals surface area contributed by atoms with E-state index in [1.165, 1.54) is 29.2 Å². The molecule has 2 aromatic rings. The van der Waals surface area contributed by atoms with Gasteiger partial charge in [-0.1, -0.05) is 30.4 Å². The van der Waals surface area contributed by atoms with E-state index in [2.05, 4.69) is 0 Å². The van der Waals surface area contributed by atoms with Crippen LogP contribution in [0, 0.1) is 17.7 Å². The molecule has 4 atom stereocenters. The van der Waals surface area contributed by atoms with E-state index >= 15 is 0 Å². The largest absolute Gasteiger partial charge is 0.352 e. The summed E-state index contributed by atoms with van der Waals surface area (Å²) >= 11 is 0. The third-order valence-corrected chi connectivity index (χ3v) is 6.48. The number of fused-ring (bicyclic) bond motifs is 5. The Kier molecular flexibility index (Phi) is 4.19. The van der Waals surface area contributed by atoms with Gasteiger partial charge in [-0.25, -0.2) is 4.39 Å². The van der Waals surface area contributed by atoms with Crippen molar-refractivity contribution in [2.45, 2.75) is 38.4 Å². The Morgan fingerprint density at radius 2 is 1.58 bits per heavy atom. The lowest BCUT2D eigenvalue weighted by atomic mass is 9.86. The first-order chi connectivity index (χ1) is 14.7. The molecule has 0 aromatic heterocycles. The molecule has 0 spiro atoms. The Hall–Kier alpha value is -3.28. The molecule has 5 nitrogen and oxygen atoms in total. The van der Waals surface area contributed by atoms with Crippen molar-refractivity contribution in [2.75, 3.05) is 4.90 Å². The highest BCUT2D eigenvalue weighted by Gasteiger charge is 2.65. The number of rotatable bonds is 2. The molecule has 0 radical (unpaired) electrons. The highest BCUT2D eigenvalue weighted by molar-refractivity contribution is 6.14. The van der Waals surface area contributed by atoms with E-state index < -0.39 is 35.3 Å². The van der Waals surface area contributed by atoms with Crippen LogP contribution in [0.2, 0.25) is 0 Å². The Labute approximate surface area is 180 Å². The molecule has 3 aliphatic heterocycles. The van der Waals surface area contributed by atoms with Crippen molar-refractivity contribution in [3.8, 4) is 0 Å². The molecular weight excluding hydrogens is 395 g/mol. The lowest BCUT2D eigenvalue weighted by Crippen LogP contribution is -2.52. The van der Waals surface area contributed by atoms with E-state index in [0.717, 1.165) is 11.3 Å². The molecule has 2 fully saturated rings. The van der Waals surface area contributed by atoms with Crippen LogP contribution in [0.5, 0.6) is 0 Å². The van der Waals surface area contributed by atoms with Crippen LogP contribution in [0.3, 0.4) is 0 Å². The van der Waals surface area contributed by atoms with E-state index in [1.807, 2.05) is 62.1 Å². The molecule has 0 bridgehead atoms. The number of carbonyl (C=O) groups excluding carboxylic acids is 3. The molecular formula is C25H23FN2O3. The summed E-state index contributed by atoms with van der Waals surface area (Å²) in [7, 11) is 0. The van der Waals surface area contributed by atoms with Gasteiger partial charge in [-0.05, 0) is 56.7 Å². The SMILES string of the molecule is CC(C)(C)N1C(=O)[C@@H]2[C@@H](C1=O)[C@@H]1C=Cc3ccccc3N1[C@@H]2C(=O)c1ccc(F)cc1. The Morgan fingerprint density at radius 1 is 0.935 bits per heavy atom. The third-order valence-electron chi connectivity index (χ3n) is 6.48. The van der Waals surface area contributed by atoms with Crippen LogP contribution in [-0.4, -0.2) is 40.1 Å². The fraction of sp³-hybridized carbons (Fsp3) is 0.320. The number of anilines is 1. The average Bonchev–Trinajstić information content (AvgIpc) is 3.21. The van der Waals surface area contributed by atoms with Crippen LogP contribution < -0.4 is 4.90 Å². The zero-order valence-corrected chi connectivity index (χ0v) is 17.6. The molecule has 2 saturated heterocycles. The minimum Gasteiger partial charge on any atom is -0.352 e. The van der Waals surface area contributed by atoms with Crippen LogP contribution in [-0.2, 0) is 9.59 Å². The average molecular weight is 418 g/mol. The molecule has 31 heavy (non-hydrogen) atoms. The van der Waals surface area contributed by atoms with Gasteiger partial charge < -0.3 is 4.90 Å². The van der Waals surface area contributed by atoms with Gasteiger partial charge in [0.25, 0.3) is 0 Å². The zero-order valence-electron chi connectivity index (χ0n) is 17.6. The van der Waals surface area contributed by atoms with Crippen molar-refractivity contribution in [3.63, 3.8) is 0 Å². The fourth-order valence-corrected chi connectivity index (χ4v) is 5.26. The summed E-state index contributed by atoms with van der Waals surface area (Å²) in [6.45, 7) is 5.47. The Balaban J connectivity index is 1.67. The van der Waals surface area contributed by atoms with Crippen LogP contribution >= 0.6 is 0 Å². The van der Waals surface area contributed by atoms with Crippen LogP contribution in [0.4, 0.5) is 10.1 Å². The van der Waals surface area contributed by atoms with Crippen LogP contribution in [0.25, 0.3) is 6.08 Å². The van der Waals surface area contributed by atoms with E-state index in [-0.39, 0.29) is 17.6 Å². The van der Waals surface area contributed by atoms with Gasteiger partial charge in [-0.2, -0.15) is 0 Å². The first-order valence-corrected chi connectivity index (χ1v) is 10.4. The van der Waals surface area contributed by atoms with Crippen molar-refractivity contribution in [2.24, 2.45) is 11.8 Å². The van der Waals surface area contributed by atoms with Crippen molar-refractivity contribution in [1.29, 1.82) is 0 Å². The number of amides is 2. The lowest BCUT2D eigenvalue weighted by Gasteiger charge is -2.38. The maximum atomic E-state index is 13.7. The molecule has 2 amide bonds. The molecule has 0 N–H and O–H groups in total. The molecule has 158 valence electrons. The van der Waals surface area contributed by atoms with Gasteiger partial charge in [0.2, 0.25) is 11.8 Å². The number of Topliss-reactive ketones (excluding diaryl/α,β-unsaturated/α-hetero) is 1. The third kappa shape index (κ3) is 2.77. The number of imide groups is 1. The van der Waals surface area contributed by atoms with Crippen molar-refractivity contribution in [1.82, 2.24) is 4.90 Å². The predicted octanol–water partition coefficient (Wildman–Crippen LogP) is 3.69. The van der Waals surface area contributed by atoms with Gasteiger partial charge >= 0.3 is 0 Å². The summed E-state index contributed by atoms with van der Waals surface area (Å²) in [5.41, 5.74) is 1.41. The first-order valence-electron chi connectivity index (χ1n) is 10.4. The maximum absolute atomic E-state index is 13.7. The number of para-hydroxylation sites is 1. The summed E-state index contributed by atoms with van der Waals surface area (Å²) < 4.78 is 13.5. The van der Waals surface area contributed by atoms with Gasteiger partial charge in [0.05, 0.1) is 17.9 Å². The molecule has 3 aliphatic rings. The highest BCUT2D eigenvalue weighted by atomic mass is 19.1. The van der Waals surface area contributed by atoms with E-state index in [9.17, 15) is 18.8 Å². The van der Waals surface area contributed by atoms with Gasteiger partial charge in [0.1, 0.15) is 11.9 Å². The Morgan fingerprint density at radius 3 is 2.26 bits per heavy atom. The van der Waals surface area contributed by atoms with Crippen LogP contribution in [0.15, 0.2) is 54.6 Å². The number of hydrogen-bond acceptors (Lipinski definition) is 4. The van der Waals surface area contributed by atoms with Gasteiger partial charge in [0.15, 0.2) is 5.78 Å². The number of nitrogens with zero attached hydrogens (tertiary/aromatic N) is 2. The number of ketones is 1. The first kappa shape index (κ1) is 19.7. The van der Waals surface area contributed by atoms with Gasteiger partial charge in [-0.3, -0.25) is 19.3 Å². The summed E-state index contributed by atoms with van der Waals surface area (Å²) in [5, 5.41) is 0. The van der Waals surface area contributed by atoms with Gasteiger partial charge in [0, 0.05) is 16.8 Å². The number of benzene rings is 2. The molecule has 0 unspecified atom stereocenters. The monoisotopic (exact) mass is 418 g/mol. The topological polar surface area (TPSA) is 57.7 Å². The molecule has 3 heterocycles. The second-order valence-electron chi connectivity index (χ2n) is 9.37. The summed E-state index contributed by atoms with van der Waals surface area (Å²) in [6.07, 6.45) is 3.88. The summed E-state index contributed by atoms with van der Waals surface area (Å²) in [4.78, 5) is 43.9. The predicted molar refractivity (Wildman–Crippen MR) is 115 cm³/mol. The quantitative estimate of drug-likeness (QED) is 0.551. The fourth-order valence-electron chi connectivity index (χ4n) is 5.26. The number of carbonyl (C=O) groups is 3. The van der Waals surface area contributed by atoms with Crippen molar-refractivity contribution in [3.05, 3.63) is 71.6 Å². The molecule has 0 aliphatic carbocycles. The standard InChI is InChI=1S/C25H23FN2O3/c1-25(2,3)28-23(30)19-18-13-10-14-6-4-5-7-17(14)27(18)21(20(19)24(28)31)22(29)15-8-11-16(26)12-9-15/h4-13,18-21H,1-3H3/t18-,19-,20+,21-/m0/s1. The molecule has 2 aromatic carbocycles. The Bertz CT molecular complexity index is 1130. The molecule has 0 saturated carbocycles. The number of hydrogen-bond donors (Lipinski definition) is 0.